The molecule has 0 bridgehead atoms. The van der Waals surface area contributed by atoms with Crippen LogP contribution in [0, 0.1) is 0 Å². The SMILES string of the molecule is CC[C@H](CO)NC(=O)[C@@H]1Cc2ccccc2CN1. The van der Waals surface area contributed by atoms with Gasteiger partial charge in [-0.3, -0.25) is 4.79 Å². The van der Waals surface area contributed by atoms with Crippen molar-refractivity contribution >= 4 is 5.91 Å². The highest BCUT2D eigenvalue weighted by Crippen LogP contribution is 2.16. The van der Waals surface area contributed by atoms with Crippen molar-refractivity contribution in [1.29, 1.82) is 0 Å². The fraction of sp³-hybridized carbons (Fsp3) is 0.500. The third-order valence-electron chi connectivity index (χ3n) is 3.46. The first-order chi connectivity index (χ1) is 8.74. The highest BCUT2D eigenvalue weighted by Gasteiger charge is 2.24. The van der Waals surface area contributed by atoms with Gasteiger partial charge in [-0.1, -0.05) is 31.2 Å². The Kier molecular flexibility index (Phi) is 4.33. The van der Waals surface area contributed by atoms with Crippen molar-refractivity contribution in [3.05, 3.63) is 35.4 Å². The van der Waals surface area contributed by atoms with Gasteiger partial charge in [-0.25, -0.2) is 0 Å². The molecule has 1 amide bonds. The summed E-state index contributed by atoms with van der Waals surface area (Å²) in [6.45, 7) is 2.67. The van der Waals surface area contributed by atoms with Gasteiger partial charge in [0, 0.05) is 6.54 Å². The molecule has 0 unspecified atom stereocenters. The van der Waals surface area contributed by atoms with Crippen LogP contribution >= 0.6 is 0 Å². The summed E-state index contributed by atoms with van der Waals surface area (Å²) in [5, 5.41) is 15.2. The van der Waals surface area contributed by atoms with E-state index in [0.29, 0.717) is 6.42 Å². The molecule has 1 heterocycles. The van der Waals surface area contributed by atoms with Crippen LogP contribution < -0.4 is 10.6 Å². The molecule has 2 atom stereocenters. The summed E-state index contributed by atoms with van der Waals surface area (Å²) < 4.78 is 0. The van der Waals surface area contributed by atoms with Crippen molar-refractivity contribution in [3.63, 3.8) is 0 Å². The van der Waals surface area contributed by atoms with Crippen LogP contribution in [0.3, 0.4) is 0 Å². The van der Waals surface area contributed by atoms with Gasteiger partial charge < -0.3 is 15.7 Å². The summed E-state index contributed by atoms with van der Waals surface area (Å²) in [6.07, 6.45) is 1.45. The van der Waals surface area contributed by atoms with Gasteiger partial charge in [0.2, 0.25) is 5.91 Å². The fourth-order valence-electron chi connectivity index (χ4n) is 2.22. The second kappa shape index (κ2) is 5.98. The van der Waals surface area contributed by atoms with E-state index in [1.165, 1.54) is 11.1 Å². The van der Waals surface area contributed by atoms with Gasteiger partial charge in [-0.2, -0.15) is 0 Å². The van der Waals surface area contributed by atoms with Crippen LogP contribution in [0.5, 0.6) is 0 Å². The number of hydrogen-bond donors (Lipinski definition) is 3. The topological polar surface area (TPSA) is 61.4 Å². The Hall–Kier alpha value is -1.39. The monoisotopic (exact) mass is 248 g/mol. The number of carbonyl (C=O) groups is 1. The van der Waals surface area contributed by atoms with E-state index < -0.39 is 0 Å². The lowest BCUT2D eigenvalue weighted by Gasteiger charge is -2.26. The Bertz CT molecular complexity index is 416. The number of rotatable bonds is 4. The summed E-state index contributed by atoms with van der Waals surface area (Å²) in [5.74, 6) is -0.0228. The lowest BCUT2D eigenvalue weighted by Crippen LogP contribution is -2.51. The summed E-state index contributed by atoms with van der Waals surface area (Å²) in [6, 6.07) is 7.83. The zero-order valence-electron chi connectivity index (χ0n) is 10.6. The number of aliphatic hydroxyl groups is 1. The van der Waals surface area contributed by atoms with Crippen molar-refractivity contribution in [2.75, 3.05) is 6.61 Å². The van der Waals surface area contributed by atoms with Gasteiger partial charge in [-0.05, 0) is 24.0 Å². The smallest absolute Gasteiger partial charge is 0.237 e. The zero-order valence-corrected chi connectivity index (χ0v) is 10.6. The van der Waals surface area contributed by atoms with Crippen LogP contribution in [0.2, 0.25) is 0 Å². The summed E-state index contributed by atoms with van der Waals surface area (Å²) in [7, 11) is 0. The van der Waals surface area contributed by atoms with E-state index in [1.807, 2.05) is 19.1 Å². The molecule has 1 aliphatic rings. The van der Waals surface area contributed by atoms with E-state index in [-0.39, 0.29) is 24.6 Å². The number of benzene rings is 1. The lowest BCUT2D eigenvalue weighted by atomic mass is 9.95. The Morgan fingerprint density at radius 1 is 1.50 bits per heavy atom. The standard InChI is InChI=1S/C14H20N2O2/c1-2-12(9-17)16-14(18)13-7-10-5-3-4-6-11(10)8-15-13/h3-6,12-13,15,17H,2,7-9H2,1H3,(H,16,18)/t12-,13+/m1/s1. The quantitative estimate of drug-likeness (QED) is 0.731. The van der Waals surface area contributed by atoms with Crippen LogP contribution in [0.1, 0.15) is 24.5 Å². The van der Waals surface area contributed by atoms with E-state index in [1.54, 1.807) is 0 Å². The van der Waals surface area contributed by atoms with Crippen molar-refractivity contribution in [3.8, 4) is 0 Å². The molecule has 3 N–H and O–H groups in total. The van der Waals surface area contributed by atoms with Crippen molar-refractivity contribution in [2.45, 2.75) is 38.4 Å². The zero-order chi connectivity index (χ0) is 13.0. The Balaban J connectivity index is 1.98. The highest BCUT2D eigenvalue weighted by atomic mass is 16.3. The Morgan fingerprint density at radius 2 is 2.22 bits per heavy atom. The van der Waals surface area contributed by atoms with Crippen LogP contribution in [0.15, 0.2) is 24.3 Å². The Labute approximate surface area is 107 Å². The summed E-state index contributed by atoms with van der Waals surface area (Å²) in [5.41, 5.74) is 2.49. The molecule has 0 fully saturated rings. The molecule has 0 aromatic heterocycles. The van der Waals surface area contributed by atoms with E-state index >= 15 is 0 Å². The fourth-order valence-corrected chi connectivity index (χ4v) is 2.22. The maximum Gasteiger partial charge on any atom is 0.237 e. The van der Waals surface area contributed by atoms with Crippen LogP contribution in [0.25, 0.3) is 0 Å². The Morgan fingerprint density at radius 3 is 2.89 bits per heavy atom. The van der Waals surface area contributed by atoms with E-state index in [0.717, 1.165) is 13.0 Å². The van der Waals surface area contributed by atoms with Gasteiger partial charge in [-0.15, -0.1) is 0 Å². The van der Waals surface area contributed by atoms with Gasteiger partial charge >= 0.3 is 0 Å². The van der Waals surface area contributed by atoms with Crippen molar-refractivity contribution in [1.82, 2.24) is 10.6 Å². The molecule has 2 rings (SSSR count). The van der Waals surface area contributed by atoms with Gasteiger partial charge in [0.1, 0.15) is 0 Å². The summed E-state index contributed by atoms with van der Waals surface area (Å²) in [4.78, 5) is 12.1. The average Bonchev–Trinajstić information content (AvgIpc) is 2.44. The van der Waals surface area contributed by atoms with Crippen molar-refractivity contribution in [2.24, 2.45) is 0 Å². The number of hydrogen-bond acceptors (Lipinski definition) is 3. The first kappa shape index (κ1) is 13.1. The molecule has 0 spiro atoms. The minimum atomic E-state index is -0.194. The largest absolute Gasteiger partial charge is 0.394 e. The molecular formula is C14H20N2O2. The highest BCUT2D eigenvalue weighted by molar-refractivity contribution is 5.82. The normalized spacial score (nSPS) is 20.0. The molecule has 1 aliphatic heterocycles. The van der Waals surface area contributed by atoms with Gasteiger partial charge in [0.05, 0.1) is 18.7 Å². The first-order valence-electron chi connectivity index (χ1n) is 6.46. The van der Waals surface area contributed by atoms with Crippen LogP contribution in [0.4, 0.5) is 0 Å². The lowest BCUT2D eigenvalue weighted by molar-refractivity contribution is -0.124. The summed E-state index contributed by atoms with van der Waals surface area (Å²) >= 11 is 0. The number of fused-ring (bicyclic) bond motifs is 1. The molecule has 4 nitrogen and oxygen atoms in total. The molecular weight excluding hydrogens is 228 g/mol. The van der Waals surface area contributed by atoms with Crippen molar-refractivity contribution < 1.29 is 9.90 Å². The minimum Gasteiger partial charge on any atom is -0.394 e. The predicted octanol–water partition coefficient (Wildman–Crippen LogP) is 0.588. The number of amides is 1. The molecule has 18 heavy (non-hydrogen) atoms. The molecule has 1 aromatic rings. The van der Waals surface area contributed by atoms with Gasteiger partial charge in [0.15, 0.2) is 0 Å². The molecule has 4 heteroatoms. The van der Waals surface area contributed by atoms with Gasteiger partial charge in [0.25, 0.3) is 0 Å². The minimum absolute atomic E-state index is 0.00839. The second-order valence-electron chi connectivity index (χ2n) is 4.70. The van der Waals surface area contributed by atoms with Crippen LogP contribution in [-0.4, -0.2) is 29.7 Å². The molecule has 0 aliphatic carbocycles. The second-order valence-corrected chi connectivity index (χ2v) is 4.70. The maximum atomic E-state index is 12.1. The number of aliphatic hydroxyl groups excluding tert-OH is 1. The van der Waals surface area contributed by atoms with E-state index in [2.05, 4.69) is 22.8 Å². The first-order valence-corrected chi connectivity index (χ1v) is 6.46. The van der Waals surface area contributed by atoms with E-state index in [4.69, 9.17) is 5.11 Å². The molecule has 0 saturated carbocycles. The molecule has 0 saturated heterocycles. The predicted molar refractivity (Wildman–Crippen MR) is 70.1 cm³/mol. The van der Waals surface area contributed by atoms with E-state index in [9.17, 15) is 4.79 Å². The maximum absolute atomic E-state index is 12.1. The number of nitrogens with one attached hydrogen (secondary N) is 2. The van der Waals surface area contributed by atoms with Crippen LogP contribution in [-0.2, 0) is 17.8 Å². The molecule has 0 radical (unpaired) electrons. The number of carbonyl (C=O) groups excluding carboxylic acids is 1. The molecule has 1 aromatic carbocycles. The third-order valence-corrected chi connectivity index (χ3v) is 3.46. The average molecular weight is 248 g/mol. The third kappa shape index (κ3) is 2.89. The molecule has 98 valence electrons.